The first-order valence-electron chi connectivity index (χ1n) is 6.36. The lowest BCUT2D eigenvalue weighted by molar-refractivity contribution is -0.153. The normalized spacial score (nSPS) is 12.7. The molecular weight excluding hydrogens is 297 g/mol. The van der Waals surface area contributed by atoms with Gasteiger partial charge in [0.05, 0.1) is 0 Å². The van der Waals surface area contributed by atoms with Gasteiger partial charge in [0.1, 0.15) is 6.04 Å². The van der Waals surface area contributed by atoms with Gasteiger partial charge in [0, 0.05) is 18.8 Å². The van der Waals surface area contributed by atoms with E-state index in [9.17, 15) is 18.0 Å². The maximum absolute atomic E-state index is 13.1. The summed E-state index contributed by atoms with van der Waals surface area (Å²) in [7, 11) is 0. The zero-order valence-corrected chi connectivity index (χ0v) is 11.3. The molecule has 0 unspecified atom stereocenters. The Morgan fingerprint density at radius 2 is 1.82 bits per heavy atom. The van der Waals surface area contributed by atoms with Gasteiger partial charge in [0.25, 0.3) is 5.91 Å². The van der Waals surface area contributed by atoms with Crippen molar-refractivity contribution in [3.63, 3.8) is 0 Å². The minimum Gasteiger partial charge on any atom is -0.382 e. The third-order valence-corrected chi connectivity index (χ3v) is 2.92. The molecule has 0 spiro atoms. The number of nitrogens with zero attached hydrogens (tertiary/aromatic N) is 2. The van der Waals surface area contributed by atoms with Crippen molar-refractivity contribution in [1.29, 1.82) is 0 Å². The molecule has 0 saturated carbocycles. The van der Waals surface area contributed by atoms with E-state index in [1.165, 1.54) is 12.4 Å². The minimum atomic E-state index is -4.59. The summed E-state index contributed by atoms with van der Waals surface area (Å²) in [6.45, 7) is 0. The lowest BCUT2D eigenvalue weighted by Gasteiger charge is -2.21. The van der Waals surface area contributed by atoms with Crippen molar-refractivity contribution in [1.82, 2.24) is 15.3 Å². The molecule has 1 aromatic heterocycles. The third-order valence-electron chi connectivity index (χ3n) is 2.92. The number of halogens is 3. The molecule has 0 saturated heterocycles. The van der Waals surface area contributed by atoms with Crippen molar-refractivity contribution in [3.05, 3.63) is 54.0 Å². The number of nitrogen functional groups attached to an aromatic ring is 1. The van der Waals surface area contributed by atoms with Gasteiger partial charge in [-0.25, -0.2) is 9.97 Å². The van der Waals surface area contributed by atoms with Crippen LogP contribution in [0.2, 0.25) is 0 Å². The first kappa shape index (κ1) is 15.7. The van der Waals surface area contributed by atoms with Crippen LogP contribution in [0.15, 0.2) is 42.7 Å². The Labute approximate surface area is 124 Å². The van der Waals surface area contributed by atoms with Crippen LogP contribution in [0.4, 0.5) is 19.0 Å². The fraction of sp³-hybridized carbons (Fsp3) is 0.214. The van der Waals surface area contributed by atoms with E-state index in [2.05, 4.69) is 9.97 Å². The Balaban J connectivity index is 2.17. The van der Waals surface area contributed by atoms with E-state index in [1.807, 2.05) is 5.32 Å². The van der Waals surface area contributed by atoms with Crippen LogP contribution in [0, 0.1) is 0 Å². The Bertz CT molecular complexity index is 646. The molecule has 3 N–H and O–H groups in total. The quantitative estimate of drug-likeness (QED) is 0.904. The lowest BCUT2D eigenvalue weighted by Crippen LogP contribution is -2.47. The van der Waals surface area contributed by atoms with Gasteiger partial charge in [0.2, 0.25) is 0 Å². The van der Waals surface area contributed by atoms with Crippen LogP contribution in [0.1, 0.15) is 16.1 Å². The summed E-state index contributed by atoms with van der Waals surface area (Å²) in [5.74, 6) is -1.23. The van der Waals surface area contributed by atoms with Gasteiger partial charge in [-0.15, -0.1) is 0 Å². The highest BCUT2D eigenvalue weighted by Crippen LogP contribution is 2.23. The Morgan fingerprint density at radius 3 is 2.41 bits per heavy atom. The van der Waals surface area contributed by atoms with Crippen molar-refractivity contribution in [2.75, 3.05) is 5.73 Å². The van der Waals surface area contributed by atoms with E-state index < -0.39 is 18.1 Å². The summed E-state index contributed by atoms with van der Waals surface area (Å²) < 4.78 is 39.3. The molecule has 1 amide bonds. The van der Waals surface area contributed by atoms with Crippen LogP contribution in [-0.4, -0.2) is 28.1 Å². The fourth-order valence-electron chi connectivity index (χ4n) is 1.85. The molecule has 5 nitrogen and oxygen atoms in total. The summed E-state index contributed by atoms with van der Waals surface area (Å²) in [5, 5.41) is 1.92. The molecular formula is C14H13F3N4O. The fourth-order valence-corrected chi connectivity index (χ4v) is 1.85. The highest BCUT2D eigenvalue weighted by Gasteiger charge is 2.41. The summed E-state index contributed by atoms with van der Waals surface area (Å²) in [6, 6.07) is 6.04. The van der Waals surface area contributed by atoms with Crippen molar-refractivity contribution in [2.24, 2.45) is 0 Å². The molecule has 2 rings (SSSR count). The predicted molar refractivity (Wildman–Crippen MR) is 73.9 cm³/mol. The van der Waals surface area contributed by atoms with Crippen molar-refractivity contribution in [3.8, 4) is 0 Å². The van der Waals surface area contributed by atoms with Crippen LogP contribution in [0.25, 0.3) is 0 Å². The van der Waals surface area contributed by atoms with Crippen molar-refractivity contribution >= 4 is 11.7 Å². The molecule has 1 aromatic carbocycles. The molecule has 1 heterocycles. The van der Waals surface area contributed by atoms with E-state index in [0.29, 0.717) is 5.56 Å². The number of carbonyl (C=O) groups excluding carboxylic acids is 1. The molecule has 0 radical (unpaired) electrons. The second-order valence-electron chi connectivity index (χ2n) is 4.55. The number of nitrogens with two attached hydrogens (primary N) is 1. The number of carbonyl (C=O) groups is 1. The predicted octanol–water partition coefficient (Wildman–Crippen LogP) is 1.96. The molecule has 116 valence electrons. The summed E-state index contributed by atoms with van der Waals surface area (Å²) in [5.41, 5.74) is 5.57. The topological polar surface area (TPSA) is 80.9 Å². The molecule has 0 aliphatic rings. The number of benzene rings is 1. The van der Waals surface area contributed by atoms with Gasteiger partial charge in [-0.1, -0.05) is 30.3 Å². The first-order chi connectivity index (χ1) is 10.4. The molecule has 0 aliphatic heterocycles. The number of alkyl halides is 3. The number of rotatable bonds is 4. The first-order valence-corrected chi connectivity index (χ1v) is 6.36. The van der Waals surface area contributed by atoms with E-state index in [1.54, 1.807) is 30.3 Å². The lowest BCUT2D eigenvalue weighted by atomic mass is 10.1. The average molecular weight is 310 g/mol. The molecule has 2 aromatic rings. The van der Waals surface area contributed by atoms with Gasteiger partial charge in [-0.3, -0.25) is 4.79 Å². The number of amides is 1. The molecule has 1 atom stereocenters. The Morgan fingerprint density at radius 1 is 1.18 bits per heavy atom. The van der Waals surface area contributed by atoms with Crippen LogP contribution in [-0.2, 0) is 6.42 Å². The van der Waals surface area contributed by atoms with Gasteiger partial charge in [0.15, 0.2) is 11.5 Å². The molecule has 8 heteroatoms. The Kier molecular flexibility index (Phi) is 4.59. The number of nitrogens with one attached hydrogen (secondary N) is 1. The summed E-state index contributed by atoms with van der Waals surface area (Å²) in [4.78, 5) is 19.2. The maximum atomic E-state index is 13.1. The van der Waals surface area contributed by atoms with Gasteiger partial charge < -0.3 is 11.1 Å². The average Bonchev–Trinajstić information content (AvgIpc) is 2.47. The highest BCUT2D eigenvalue weighted by atomic mass is 19.4. The monoisotopic (exact) mass is 310 g/mol. The van der Waals surface area contributed by atoms with Crippen LogP contribution in [0.3, 0.4) is 0 Å². The second-order valence-corrected chi connectivity index (χ2v) is 4.55. The standard InChI is InChI=1S/C14H13F3N4O/c15-14(16,17)10(8-9-4-2-1-3-5-9)21-13(22)11-12(18)20-7-6-19-11/h1-7,10H,8H2,(H2,18,20)(H,21,22)/t10-/m1/s1. The molecule has 0 fully saturated rings. The van der Waals surface area contributed by atoms with Crippen molar-refractivity contribution < 1.29 is 18.0 Å². The number of aromatic nitrogens is 2. The van der Waals surface area contributed by atoms with Gasteiger partial charge >= 0.3 is 6.18 Å². The number of anilines is 1. The zero-order valence-electron chi connectivity index (χ0n) is 11.3. The van der Waals surface area contributed by atoms with Crippen LogP contribution < -0.4 is 11.1 Å². The minimum absolute atomic E-state index is 0.222. The summed E-state index contributed by atoms with van der Waals surface area (Å²) >= 11 is 0. The van der Waals surface area contributed by atoms with E-state index in [4.69, 9.17) is 5.73 Å². The van der Waals surface area contributed by atoms with Gasteiger partial charge in [-0.2, -0.15) is 13.2 Å². The second kappa shape index (κ2) is 6.42. The highest BCUT2D eigenvalue weighted by molar-refractivity contribution is 5.96. The van der Waals surface area contributed by atoms with E-state index in [0.717, 1.165) is 0 Å². The van der Waals surface area contributed by atoms with Crippen LogP contribution in [0.5, 0.6) is 0 Å². The largest absolute Gasteiger partial charge is 0.408 e. The molecule has 22 heavy (non-hydrogen) atoms. The smallest absolute Gasteiger partial charge is 0.382 e. The third kappa shape index (κ3) is 3.94. The van der Waals surface area contributed by atoms with E-state index in [-0.39, 0.29) is 17.9 Å². The van der Waals surface area contributed by atoms with Crippen LogP contribution >= 0.6 is 0 Å². The van der Waals surface area contributed by atoms with E-state index >= 15 is 0 Å². The zero-order chi connectivity index (χ0) is 16.2. The molecule has 0 bridgehead atoms. The van der Waals surface area contributed by atoms with Gasteiger partial charge in [-0.05, 0) is 5.56 Å². The number of hydrogen-bond acceptors (Lipinski definition) is 4. The van der Waals surface area contributed by atoms with Crippen molar-refractivity contribution in [2.45, 2.75) is 18.6 Å². The summed E-state index contributed by atoms with van der Waals surface area (Å²) in [6.07, 6.45) is -2.54. The maximum Gasteiger partial charge on any atom is 0.408 e. The Hall–Kier alpha value is -2.64. The number of hydrogen-bond donors (Lipinski definition) is 2. The molecule has 0 aliphatic carbocycles. The SMILES string of the molecule is Nc1nccnc1C(=O)N[C@H](Cc1ccccc1)C(F)(F)F.